The van der Waals surface area contributed by atoms with Gasteiger partial charge >= 0.3 is 0 Å². The summed E-state index contributed by atoms with van der Waals surface area (Å²) in [7, 11) is 3.19. The number of methoxy groups -OCH3 is 1. The Bertz CT molecular complexity index is 672. The molecule has 2 rings (SSSR count). The van der Waals surface area contributed by atoms with Crippen molar-refractivity contribution in [3.8, 4) is 0 Å². The number of nitrogens with zero attached hydrogens (tertiary/aromatic N) is 1. The van der Waals surface area contributed by atoms with Crippen LogP contribution in [0.1, 0.15) is 27.9 Å². The normalized spacial score (nSPS) is 19.0. The third-order valence-electron chi connectivity index (χ3n) is 3.89. The van der Waals surface area contributed by atoms with E-state index in [-0.39, 0.29) is 16.9 Å². The van der Waals surface area contributed by atoms with Gasteiger partial charge in [-0.25, -0.2) is 8.42 Å². The van der Waals surface area contributed by atoms with Gasteiger partial charge in [-0.3, -0.25) is 4.79 Å². The van der Waals surface area contributed by atoms with Gasteiger partial charge in [-0.15, -0.1) is 0 Å². The van der Waals surface area contributed by atoms with Crippen molar-refractivity contribution in [3.05, 3.63) is 28.8 Å². The largest absolute Gasteiger partial charge is 0.380 e. The van der Waals surface area contributed by atoms with Crippen LogP contribution in [-0.2, 0) is 13.8 Å². The van der Waals surface area contributed by atoms with Crippen molar-refractivity contribution in [1.82, 2.24) is 4.90 Å². The zero-order valence-electron chi connectivity index (χ0n) is 12.2. The summed E-state index contributed by atoms with van der Waals surface area (Å²) >= 11 is 0. The highest BCUT2D eigenvalue weighted by Crippen LogP contribution is 2.25. The Morgan fingerprint density at radius 1 is 1.38 bits per heavy atom. The first kappa shape index (κ1) is 16.3. The summed E-state index contributed by atoms with van der Waals surface area (Å²) in [6.07, 6.45) is 0.824. The van der Waals surface area contributed by atoms with Crippen molar-refractivity contribution in [2.75, 3.05) is 20.2 Å². The molecular weight excluding hydrogens is 314 g/mol. The third kappa shape index (κ3) is 3.39. The van der Waals surface area contributed by atoms with Crippen LogP contribution >= 0.6 is 10.7 Å². The number of benzene rings is 1. The van der Waals surface area contributed by atoms with Gasteiger partial charge in [-0.2, -0.15) is 0 Å². The molecule has 1 saturated heterocycles. The van der Waals surface area contributed by atoms with Crippen molar-refractivity contribution < 1.29 is 17.9 Å². The summed E-state index contributed by atoms with van der Waals surface area (Å²) in [5, 5.41) is 0. The first-order valence-corrected chi connectivity index (χ1v) is 8.93. The van der Waals surface area contributed by atoms with Crippen molar-refractivity contribution >= 4 is 25.6 Å². The molecule has 0 aromatic heterocycles. The quantitative estimate of drug-likeness (QED) is 0.796. The molecule has 21 heavy (non-hydrogen) atoms. The third-order valence-corrected chi connectivity index (χ3v) is 5.34. The number of likely N-dealkylation sites (tertiary alicyclic amines) is 1. The maximum Gasteiger partial charge on any atom is 0.261 e. The summed E-state index contributed by atoms with van der Waals surface area (Å²) in [6.45, 7) is 4.56. The zero-order valence-corrected chi connectivity index (χ0v) is 13.8. The summed E-state index contributed by atoms with van der Waals surface area (Å²) in [5.74, 6) is -0.195. The topological polar surface area (TPSA) is 63.7 Å². The lowest BCUT2D eigenvalue weighted by molar-refractivity contribution is 0.0724. The van der Waals surface area contributed by atoms with Gasteiger partial charge in [-0.05, 0) is 43.5 Å². The van der Waals surface area contributed by atoms with E-state index in [1.165, 1.54) is 6.07 Å². The van der Waals surface area contributed by atoms with Crippen molar-refractivity contribution in [1.29, 1.82) is 0 Å². The van der Waals surface area contributed by atoms with E-state index < -0.39 is 9.05 Å². The van der Waals surface area contributed by atoms with E-state index in [2.05, 4.69) is 0 Å². The summed E-state index contributed by atoms with van der Waals surface area (Å²) in [4.78, 5) is 14.1. The van der Waals surface area contributed by atoms with E-state index >= 15 is 0 Å². The van der Waals surface area contributed by atoms with Gasteiger partial charge in [0, 0.05) is 36.4 Å². The minimum Gasteiger partial charge on any atom is -0.380 e. The van der Waals surface area contributed by atoms with Crippen LogP contribution in [0.2, 0.25) is 0 Å². The number of carbonyl (C=O) groups excluding carboxylic acids is 1. The fraction of sp³-hybridized carbons (Fsp3) is 0.500. The lowest BCUT2D eigenvalue weighted by atomic mass is 10.1. The number of ether oxygens (including phenoxy) is 1. The van der Waals surface area contributed by atoms with Crippen molar-refractivity contribution in [3.63, 3.8) is 0 Å². The molecule has 0 N–H and O–H groups in total. The predicted molar refractivity (Wildman–Crippen MR) is 80.3 cm³/mol. The molecule has 1 heterocycles. The van der Waals surface area contributed by atoms with E-state index in [1.54, 1.807) is 31.9 Å². The molecule has 1 aromatic carbocycles. The maximum absolute atomic E-state index is 12.5. The van der Waals surface area contributed by atoms with E-state index in [1.807, 2.05) is 0 Å². The highest BCUT2D eigenvalue weighted by molar-refractivity contribution is 8.13. The van der Waals surface area contributed by atoms with Crippen LogP contribution in [0.25, 0.3) is 0 Å². The fourth-order valence-electron chi connectivity index (χ4n) is 2.49. The average molecular weight is 332 g/mol. The summed E-state index contributed by atoms with van der Waals surface area (Å²) in [5.41, 5.74) is 1.63. The first-order chi connectivity index (χ1) is 9.74. The van der Waals surface area contributed by atoms with Crippen LogP contribution in [0.4, 0.5) is 0 Å². The SMILES string of the molecule is COC1CCN(C(=O)c2cc(C)c(C)c(S(=O)(=O)Cl)c2)C1. The van der Waals surface area contributed by atoms with Gasteiger partial charge in [-0.1, -0.05) is 0 Å². The highest BCUT2D eigenvalue weighted by Gasteiger charge is 2.28. The number of carbonyl (C=O) groups is 1. The summed E-state index contributed by atoms with van der Waals surface area (Å²) < 4.78 is 28.5. The Balaban J connectivity index is 2.37. The molecule has 0 bridgehead atoms. The number of rotatable bonds is 3. The minimum absolute atomic E-state index is 0.00462. The van der Waals surface area contributed by atoms with E-state index in [0.717, 1.165) is 12.0 Å². The van der Waals surface area contributed by atoms with E-state index in [9.17, 15) is 13.2 Å². The van der Waals surface area contributed by atoms with Crippen LogP contribution < -0.4 is 0 Å². The first-order valence-electron chi connectivity index (χ1n) is 6.62. The number of hydrogen-bond donors (Lipinski definition) is 0. The molecule has 1 atom stereocenters. The van der Waals surface area contributed by atoms with Crippen LogP contribution in [0.3, 0.4) is 0 Å². The summed E-state index contributed by atoms with van der Waals surface area (Å²) in [6, 6.07) is 3.05. The van der Waals surface area contributed by atoms with Crippen LogP contribution in [0, 0.1) is 13.8 Å². The van der Waals surface area contributed by atoms with Crippen LogP contribution in [-0.4, -0.2) is 45.5 Å². The standard InChI is InChI=1S/C14H18ClNO4S/c1-9-6-11(7-13(10(9)2)21(15,18)19)14(17)16-5-4-12(8-16)20-3/h6-7,12H,4-5,8H2,1-3H3. The molecule has 1 aliphatic heterocycles. The molecule has 7 heteroatoms. The molecule has 5 nitrogen and oxygen atoms in total. The molecule has 1 fully saturated rings. The second-order valence-corrected chi connectivity index (χ2v) is 7.79. The van der Waals surface area contributed by atoms with E-state index in [0.29, 0.717) is 24.2 Å². The Labute approximate surface area is 129 Å². The maximum atomic E-state index is 12.5. The highest BCUT2D eigenvalue weighted by atomic mass is 35.7. The zero-order chi connectivity index (χ0) is 15.8. The monoisotopic (exact) mass is 331 g/mol. The van der Waals surface area contributed by atoms with Gasteiger partial charge in [0.1, 0.15) is 0 Å². The molecular formula is C14H18ClNO4S. The second-order valence-electron chi connectivity index (χ2n) is 5.25. The minimum atomic E-state index is -3.87. The average Bonchev–Trinajstić information content (AvgIpc) is 2.88. The van der Waals surface area contributed by atoms with Crippen LogP contribution in [0.15, 0.2) is 17.0 Å². The van der Waals surface area contributed by atoms with Crippen molar-refractivity contribution in [2.24, 2.45) is 0 Å². The predicted octanol–water partition coefficient (Wildman–Crippen LogP) is 2.09. The van der Waals surface area contributed by atoms with Crippen LogP contribution in [0.5, 0.6) is 0 Å². The molecule has 1 amide bonds. The number of amides is 1. The lowest BCUT2D eigenvalue weighted by Crippen LogP contribution is -2.30. The van der Waals surface area contributed by atoms with Gasteiger partial charge in [0.05, 0.1) is 11.0 Å². The molecule has 1 aromatic rings. The molecule has 0 spiro atoms. The Morgan fingerprint density at radius 2 is 2.05 bits per heavy atom. The van der Waals surface area contributed by atoms with Gasteiger partial charge in [0.25, 0.3) is 15.0 Å². The fourth-order valence-corrected chi connectivity index (χ4v) is 3.77. The Kier molecular flexibility index (Phi) is 4.60. The van der Waals surface area contributed by atoms with Gasteiger partial charge in [0.2, 0.25) is 0 Å². The molecule has 0 radical (unpaired) electrons. The molecule has 116 valence electrons. The number of halogens is 1. The second kappa shape index (κ2) is 5.94. The molecule has 1 aliphatic rings. The Morgan fingerprint density at radius 3 is 2.57 bits per heavy atom. The smallest absolute Gasteiger partial charge is 0.261 e. The lowest BCUT2D eigenvalue weighted by Gasteiger charge is -2.17. The number of hydrogen-bond acceptors (Lipinski definition) is 4. The number of aryl methyl sites for hydroxylation is 1. The molecule has 0 aliphatic carbocycles. The molecule has 1 unspecified atom stereocenters. The van der Waals surface area contributed by atoms with E-state index in [4.69, 9.17) is 15.4 Å². The molecule has 0 saturated carbocycles. The Hall–Kier alpha value is -1.11. The van der Waals surface area contributed by atoms with Gasteiger partial charge in [0.15, 0.2) is 0 Å². The van der Waals surface area contributed by atoms with Crippen molar-refractivity contribution in [2.45, 2.75) is 31.3 Å². The van der Waals surface area contributed by atoms with Gasteiger partial charge < -0.3 is 9.64 Å².